The highest BCUT2D eigenvalue weighted by molar-refractivity contribution is 5.87. The third-order valence-electron chi connectivity index (χ3n) is 2.16. The van der Waals surface area contributed by atoms with Crippen LogP contribution in [-0.4, -0.2) is 30.8 Å². The van der Waals surface area contributed by atoms with E-state index in [9.17, 15) is 4.79 Å². The second-order valence-corrected chi connectivity index (χ2v) is 3.38. The Balaban J connectivity index is 2.29. The molecule has 4 heteroatoms. The third kappa shape index (κ3) is 4.42. The number of hydrogen-bond acceptors (Lipinski definition) is 3. The quantitative estimate of drug-likeness (QED) is 0.688. The first kappa shape index (κ1) is 12.7. The summed E-state index contributed by atoms with van der Waals surface area (Å²) in [5.74, 6) is -0.893. The summed E-state index contributed by atoms with van der Waals surface area (Å²) in [6, 6.07) is 6.86. The van der Waals surface area contributed by atoms with Crippen LogP contribution in [0, 0.1) is 0 Å². The van der Waals surface area contributed by atoms with E-state index in [-0.39, 0.29) is 0 Å². The molecule has 1 aromatic rings. The van der Waals surface area contributed by atoms with Crippen molar-refractivity contribution in [2.75, 3.05) is 19.8 Å². The van der Waals surface area contributed by atoms with Gasteiger partial charge < -0.3 is 15.2 Å². The summed E-state index contributed by atoms with van der Waals surface area (Å²) in [6.45, 7) is 4.92. The third-order valence-corrected chi connectivity index (χ3v) is 2.16. The molecule has 4 nitrogen and oxygen atoms in total. The van der Waals surface area contributed by atoms with Gasteiger partial charge >= 0.3 is 5.97 Å². The lowest BCUT2D eigenvalue weighted by atomic mass is 10.1. The van der Waals surface area contributed by atoms with Gasteiger partial charge in [0.15, 0.2) is 0 Å². The Morgan fingerprint density at radius 2 is 2.06 bits per heavy atom. The van der Waals surface area contributed by atoms with Gasteiger partial charge in [-0.3, -0.25) is 0 Å². The Kier molecular flexibility index (Phi) is 5.53. The minimum Gasteiger partial charge on any atom is -0.478 e. The Bertz CT molecular complexity index is 322. The van der Waals surface area contributed by atoms with Crippen LogP contribution in [0.4, 0.5) is 0 Å². The molecule has 0 amide bonds. The predicted molar refractivity (Wildman–Crippen MR) is 61.6 cm³/mol. The molecule has 0 atom stereocenters. The number of benzene rings is 1. The van der Waals surface area contributed by atoms with E-state index in [2.05, 4.69) is 5.32 Å². The molecule has 0 saturated heterocycles. The van der Waals surface area contributed by atoms with Crippen molar-refractivity contribution >= 4 is 5.97 Å². The summed E-state index contributed by atoms with van der Waals surface area (Å²) >= 11 is 0. The van der Waals surface area contributed by atoms with Gasteiger partial charge in [-0.25, -0.2) is 4.79 Å². The number of aromatic carboxylic acids is 1. The topological polar surface area (TPSA) is 58.6 Å². The monoisotopic (exact) mass is 223 g/mol. The van der Waals surface area contributed by atoms with E-state index in [0.717, 1.165) is 25.3 Å². The standard InChI is InChI=1S/C12H17NO3/c1-2-16-8-7-13-9-10-3-5-11(6-4-10)12(14)15/h3-6,13H,2,7-9H2,1H3,(H,14,15). The summed E-state index contributed by atoms with van der Waals surface area (Å²) in [5.41, 5.74) is 1.39. The van der Waals surface area contributed by atoms with E-state index in [1.807, 2.05) is 19.1 Å². The highest BCUT2D eigenvalue weighted by Crippen LogP contribution is 2.03. The van der Waals surface area contributed by atoms with Crippen molar-refractivity contribution in [1.82, 2.24) is 5.32 Å². The first-order valence-corrected chi connectivity index (χ1v) is 5.34. The van der Waals surface area contributed by atoms with Gasteiger partial charge in [-0.15, -0.1) is 0 Å². The second-order valence-electron chi connectivity index (χ2n) is 3.38. The zero-order valence-corrected chi connectivity index (χ0v) is 9.40. The molecule has 0 radical (unpaired) electrons. The normalized spacial score (nSPS) is 10.3. The molecule has 2 N–H and O–H groups in total. The molecule has 0 unspecified atom stereocenters. The zero-order valence-electron chi connectivity index (χ0n) is 9.40. The SMILES string of the molecule is CCOCCNCc1ccc(C(=O)O)cc1. The van der Waals surface area contributed by atoms with Crippen LogP contribution >= 0.6 is 0 Å². The van der Waals surface area contributed by atoms with Gasteiger partial charge in [0.25, 0.3) is 0 Å². The average molecular weight is 223 g/mol. The molecular weight excluding hydrogens is 206 g/mol. The number of ether oxygens (including phenoxy) is 1. The number of rotatable bonds is 7. The summed E-state index contributed by atoms with van der Waals surface area (Å²) in [4.78, 5) is 10.6. The Labute approximate surface area is 95.2 Å². The van der Waals surface area contributed by atoms with Gasteiger partial charge in [0.2, 0.25) is 0 Å². The Hall–Kier alpha value is -1.39. The molecule has 0 spiro atoms. The van der Waals surface area contributed by atoms with E-state index in [1.165, 1.54) is 0 Å². The number of carboxylic acid groups (broad SMARTS) is 1. The molecule has 0 heterocycles. The lowest BCUT2D eigenvalue weighted by Gasteiger charge is -2.05. The molecule has 0 aliphatic rings. The fourth-order valence-corrected chi connectivity index (χ4v) is 1.29. The van der Waals surface area contributed by atoms with Crippen LogP contribution in [0.3, 0.4) is 0 Å². The summed E-state index contributed by atoms with van der Waals surface area (Å²) in [7, 11) is 0. The van der Waals surface area contributed by atoms with Crippen LogP contribution in [0.25, 0.3) is 0 Å². The van der Waals surface area contributed by atoms with Crippen LogP contribution in [0.2, 0.25) is 0 Å². The van der Waals surface area contributed by atoms with Gasteiger partial charge in [-0.2, -0.15) is 0 Å². The Morgan fingerprint density at radius 1 is 1.38 bits per heavy atom. The fourth-order valence-electron chi connectivity index (χ4n) is 1.29. The molecule has 88 valence electrons. The van der Waals surface area contributed by atoms with Gasteiger partial charge in [0, 0.05) is 19.7 Å². The van der Waals surface area contributed by atoms with Crippen molar-refractivity contribution in [3.8, 4) is 0 Å². The summed E-state index contributed by atoms with van der Waals surface area (Å²) < 4.78 is 5.18. The molecule has 0 saturated carbocycles. The van der Waals surface area contributed by atoms with Gasteiger partial charge in [-0.05, 0) is 24.6 Å². The molecule has 16 heavy (non-hydrogen) atoms. The largest absolute Gasteiger partial charge is 0.478 e. The fraction of sp³-hybridized carbons (Fsp3) is 0.417. The Morgan fingerprint density at radius 3 is 2.62 bits per heavy atom. The zero-order chi connectivity index (χ0) is 11.8. The highest BCUT2D eigenvalue weighted by Gasteiger charge is 2.00. The smallest absolute Gasteiger partial charge is 0.335 e. The number of carboxylic acids is 1. The minimum atomic E-state index is -0.893. The molecule has 0 fully saturated rings. The van der Waals surface area contributed by atoms with Crippen molar-refractivity contribution < 1.29 is 14.6 Å². The molecule has 1 rings (SSSR count). The van der Waals surface area contributed by atoms with Crippen molar-refractivity contribution in [2.45, 2.75) is 13.5 Å². The predicted octanol–water partition coefficient (Wildman–Crippen LogP) is 1.51. The van der Waals surface area contributed by atoms with Crippen LogP contribution in [0.5, 0.6) is 0 Å². The first-order chi connectivity index (χ1) is 7.74. The van der Waals surface area contributed by atoms with Crippen molar-refractivity contribution in [2.24, 2.45) is 0 Å². The number of hydrogen-bond donors (Lipinski definition) is 2. The molecule has 0 aromatic heterocycles. The average Bonchev–Trinajstić information content (AvgIpc) is 2.29. The van der Waals surface area contributed by atoms with Crippen molar-refractivity contribution in [3.05, 3.63) is 35.4 Å². The summed E-state index contributed by atoms with van der Waals surface area (Å²) in [6.07, 6.45) is 0. The molecule has 1 aromatic carbocycles. The second kappa shape index (κ2) is 6.98. The lowest BCUT2D eigenvalue weighted by molar-refractivity contribution is 0.0697. The van der Waals surface area contributed by atoms with E-state index >= 15 is 0 Å². The van der Waals surface area contributed by atoms with Crippen LogP contribution in [0.1, 0.15) is 22.8 Å². The van der Waals surface area contributed by atoms with Crippen LogP contribution < -0.4 is 5.32 Å². The maximum absolute atomic E-state index is 10.6. The maximum atomic E-state index is 10.6. The minimum absolute atomic E-state index is 0.318. The lowest BCUT2D eigenvalue weighted by Crippen LogP contribution is -2.19. The highest BCUT2D eigenvalue weighted by atomic mass is 16.5. The van der Waals surface area contributed by atoms with Crippen LogP contribution in [-0.2, 0) is 11.3 Å². The first-order valence-electron chi connectivity index (χ1n) is 5.34. The molecule has 0 aliphatic carbocycles. The molecular formula is C12H17NO3. The molecule has 0 bridgehead atoms. The van der Waals surface area contributed by atoms with E-state index < -0.39 is 5.97 Å². The number of carbonyl (C=O) groups is 1. The van der Waals surface area contributed by atoms with Gasteiger partial charge in [0.05, 0.1) is 12.2 Å². The molecule has 0 aliphatic heterocycles. The van der Waals surface area contributed by atoms with E-state index in [0.29, 0.717) is 12.2 Å². The summed E-state index contributed by atoms with van der Waals surface area (Å²) in [5, 5.41) is 11.9. The van der Waals surface area contributed by atoms with Crippen LogP contribution in [0.15, 0.2) is 24.3 Å². The van der Waals surface area contributed by atoms with Gasteiger partial charge in [-0.1, -0.05) is 12.1 Å². The van der Waals surface area contributed by atoms with E-state index in [1.54, 1.807) is 12.1 Å². The van der Waals surface area contributed by atoms with E-state index in [4.69, 9.17) is 9.84 Å². The van der Waals surface area contributed by atoms with Crippen molar-refractivity contribution in [3.63, 3.8) is 0 Å². The number of nitrogens with one attached hydrogen (secondary N) is 1. The maximum Gasteiger partial charge on any atom is 0.335 e. The van der Waals surface area contributed by atoms with Crippen molar-refractivity contribution in [1.29, 1.82) is 0 Å². The van der Waals surface area contributed by atoms with Gasteiger partial charge in [0.1, 0.15) is 0 Å².